The lowest BCUT2D eigenvalue weighted by molar-refractivity contribution is 0.0914. The van der Waals surface area contributed by atoms with E-state index < -0.39 is 0 Å². The van der Waals surface area contributed by atoms with Crippen LogP contribution in [0.1, 0.15) is 17.5 Å². The van der Waals surface area contributed by atoms with Crippen LogP contribution in [-0.2, 0) is 7.05 Å². The Kier molecular flexibility index (Phi) is 5.15. The van der Waals surface area contributed by atoms with E-state index in [1.54, 1.807) is 17.0 Å². The van der Waals surface area contributed by atoms with Crippen LogP contribution >= 0.6 is 0 Å². The monoisotopic (exact) mass is 327 g/mol. The quantitative estimate of drug-likeness (QED) is 0.901. The van der Waals surface area contributed by atoms with Crippen molar-refractivity contribution in [3.63, 3.8) is 0 Å². The van der Waals surface area contributed by atoms with Crippen molar-refractivity contribution in [3.8, 4) is 0 Å². The van der Waals surface area contributed by atoms with Gasteiger partial charge < -0.3 is 14.8 Å². The summed E-state index contributed by atoms with van der Waals surface area (Å²) >= 11 is 0. The van der Waals surface area contributed by atoms with E-state index in [4.69, 9.17) is 0 Å². The second-order valence-corrected chi connectivity index (χ2v) is 6.36. The van der Waals surface area contributed by atoms with Gasteiger partial charge in [-0.3, -0.25) is 9.69 Å². The molecule has 0 aliphatic carbocycles. The number of para-hydroxylation sites is 1. The summed E-state index contributed by atoms with van der Waals surface area (Å²) in [6.45, 7) is 6.96. The molecule has 1 aromatic heterocycles. The summed E-state index contributed by atoms with van der Waals surface area (Å²) in [5.74, 6) is 0.341. The van der Waals surface area contributed by atoms with Gasteiger partial charge in [-0.05, 0) is 19.1 Å². The molecule has 1 atom stereocenters. The van der Waals surface area contributed by atoms with Gasteiger partial charge in [0.15, 0.2) is 5.82 Å². The Morgan fingerprint density at radius 2 is 1.92 bits per heavy atom. The number of carbonyl (C=O) groups is 1. The molecule has 1 aromatic carbocycles. The first-order chi connectivity index (χ1) is 11.6. The van der Waals surface area contributed by atoms with Gasteiger partial charge in [0.25, 0.3) is 5.91 Å². The molecular formula is C18H25N5O. The van der Waals surface area contributed by atoms with Crippen molar-refractivity contribution in [2.45, 2.75) is 13.0 Å². The van der Waals surface area contributed by atoms with Crippen molar-refractivity contribution in [2.24, 2.45) is 7.05 Å². The van der Waals surface area contributed by atoms with Gasteiger partial charge in [-0.1, -0.05) is 18.2 Å². The number of benzene rings is 1. The normalized spacial score (nSPS) is 16.8. The van der Waals surface area contributed by atoms with Crippen molar-refractivity contribution in [1.29, 1.82) is 0 Å². The number of nitrogens with one attached hydrogen (secondary N) is 1. The first kappa shape index (κ1) is 16.5. The molecule has 24 heavy (non-hydrogen) atoms. The zero-order chi connectivity index (χ0) is 16.9. The molecule has 1 fully saturated rings. The Labute approximate surface area is 143 Å². The minimum Gasteiger partial charge on any atom is -0.369 e. The van der Waals surface area contributed by atoms with E-state index in [0.717, 1.165) is 32.7 Å². The Hall–Kier alpha value is -2.34. The Morgan fingerprint density at radius 3 is 2.54 bits per heavy atom. The third-order valence-corrected chi connectivity index (χ3v) is 4.43. The van der Waals surface area contributed by atoms with Gasteiger partial charge in [0.05, 0.1) is 0 Å². The number of hydrogen-bond donors (Lipinski definition) is 1. The molecule has 0 spiro atoms. The second kappa shape index (κ2) is 7.49. The highest BCUT2D eigenvalue weighted by Crippen LogP contribution is 2.15. The molecule has 6 nitrogen and oxygen atoms in total. The molecule has 0 bridgehead atoms. The van der Waals surface area contributed by atoms with E-state index in [0.29, 0.717) is 5.82 Å². The van der Waals surface area contributed by atoms with Gasteiger partial charge in [0, 0.05) is 63.9 Å². The molecule has 0 unspecified atom stereocenters. The molecule has 1 saturated heterocycles. The number of piperazine rings is 1. The summed E-state index contributed by atoms with van der Waals surface area (Å²) < 4.78 is 1.74. The van der Waals surface area contributed by atoms with Crippen LogP contribution in [0.25, 0.3) is 0 Å². The molecule has 6 heteroatoms. The maximum Gasteiger partial charge on any atom is 0.287 e. The first-order valence-corrected chi connectivity index (χ1v) is 8.44. The average Bonchev–Trinajstić information content (AvgIpc) is 3.02. The molecule has 0 radical (unpaired) electrons. The zero-order valence-corrected chi connectivity index (χ0v) is 14.4. The number of imidazole rings is 1. The summed E-state index contributed by atoms with van der Waals surface area (Å²) in [6, 6.07) is 10.6. The molecule has 3 rings (SSSR count). The first-order valence-electron chi connectivity index (χ1n) is 8.44. The van der Waals surface area contributed by atoms with Gasteiger partial charge in [0.1, 0.15) is 0 Å². The Morgan fingerprint density at radius 1 is 1.21 bits per heavy atom. The number of nitrogens with zero attached hydrogens (tertiary/aromatic N) is 4. The highest BCUT2D eigenvalue weighted by atomic mass is 16.2. The lowest BCUT2D eigenvalue weighted by Gasteiger charge is -2.37. The van der Waals surface area contributed by atoms with E-state index in [2.05, 4.69) is 44.4 Å². The van der Waals surface area contributed by atoms with Crippen LogP contribution in [0.4, 0.5) is 5.69 Å². The average molecular weight is 327 g/mol. The fourth-order valence-corrected chi connectivity index (χ4v) is 3.13. The van der Waals surface area contributed by atoms with E-state index in [1.165, 1.54) is 5.69 Å². The van der Waals surface area contributed by atoms with Crippen molar-refractivity contribution in [3.05, 3.63) is 48.5 Å². The van der Waals surface area contributed by atoms with Crippen LogP contribution in [0.15, 0.2) is 42.7 Å². The zero-order valence-electron chi connectivity index (χ0n) is 14.4. The predicted octanol–water partition coefficient (Wildman–Crippen LogP) is 1.36. The lowest BCUT2D eigenvalue weighted by Crippen LogP contribution is -2.51. The van der Waals surface area contributed by atoms with Crippen LogP contribution < -0.4 is 10.2 Å². The van der Waals surface area contributed by atoms with Crippen molar-refractivity contribution in [1.82, 2.24) is 19.8 Å². The number of carbonyl (C=O) groups excluding carboxylic acids is 1. The van der Waals surface area contributed by atoms with E-state index in [9.17, 15) is 4.79 Å². The third kappa shape index (κ3) is 3.94. The van der Waals surface area contributed by atoms with Gasteiger partial charge in [-0.15, -0.1) is 0 Å². The van der Waals surface area contributed by atoms with Gasteiger partial charge in [0.2, 0.25) is 0 Å². The number of aryl methyl sites for hydroxylation is 1. The summed E-state index contributed by atoms with van der Waals surface area (Å²) in [5.41, 5.74) is 1.29. The summed E-state index contributed by atoms with van der Waals surface area (Å²) in [4.78, 5) is 21.1. The molecule has 2 aromatic rings. The molecule has 2 heterocycles. The maximum absolute atomic E-state index is 12.2. The molecule has 1 aliphatic heterocycles. The topological polar surface area (TPSA) is 53.4 Å². The standard InChI is InChI=1S/C18H25N5O/c1-15(20-18(24)17-19-8-9-21(17)2)14-22-10-12-23(13-11-22)16-6-4-3-5-7-16/h3-9,15H,10-14H2,1-2H3,(H,20,24)/t15-/m0/s1. The minimum atomic E-state index is -0.113. The van der Waals surface area contributed by atoms with E-state index >= 15 is 0 Å². The molecule has 1 N–H and O–H groups in total. The van der Waals surface area contributed by atoms with Crippen molar-refractivity contribution < 1.29 is 4.79 Å². The predicted molar refractivity (Wildman–Crippen MR) is 95.2 cm³/mol. The highest BCUT2D eigenvalue weighted by Gasteiger charge is 2.20. The fourth-order valence-electron chi connectivity index (χ4n) is 3.13. The van der Waals surface area contributed by atoms with Gasteiger partial charge in [-0.25, -0.2) is 4.98 Å². The summed E-state index contributed by atoms with van der Waals surface area (Å²) in [5, 5.41) is 3.04. The molecular weight excluding hydrogens is 302 g/mol. The highest BCUT2D eigenvalue weighted by molar-refractivity contribution is 5.90. The second-order valence-electron chi connectivity index (χ2n) is 6.36. The number of hydrogen-bond acceptors (Lipinski definition) is 4. The summed E-state index contributed by atoms with van der Waals surface area (Å²) in [6.07, 6.45) is 3.42. The van der Waals surface area contributed by atoms with Crippen molar-refractivity contribution in [2.75, 3.05) is 37.6 Å². The van der Waals surface area contributed by atoms with Gasteiger partial charge in [-0.2, -0.15) is 0 Å². The van der Waals surface area contributed by atoms with Crippen molar-refractivity contribution >= 4 is 11.6 Å². The Balaban J connectivity index is 1.46. The number of anilines is 1. The lowest BCUT2D eigenvalue weighted by atomic mass is 10.2. The number of rotatable bonds is 5. The fraction of sp³-hybridized carbons (Fsp3) is 0.444. The van der Waals surface area contributed by atoms with Gasteiger partial charge >= 0.3 is 0 Å². The third-order valence-electron chi connectivity index (χ3n) is 4.43. The number of amides is 1. The van der Waals surface area contributed by atoms with E-state index in [1.807, 2.05) is 20.0 Å². The molecule has 128 valence electrons. The van der Waals surface area contributed by atoms with Crippen LogP contribution in [-0.4, -0.2) is 59.1 Å². The van der Waals surface area contributed by atoms with Crippen LogP contribution in [0.2, 0.25) is 0 Å². The minimum absolute atomic E-state index is 0.0949. The number of aromatic nitrogens is 2. The largest absolute Gasteiger partial charge is 0.369 e. The molecule has 0 saturated carbocycles. The SMILES string of the molecule is C[C@@H](CN1CCN(c2ccccc2)CC1)NC(=O)c1nccn1C. The molecule has 1 amide bonds. The van der Waals surface area contributed by atoms with Crippen LogP contribution in [0, 0.1) is 0 Å². The molecule has 1 aliphatic rings. The van der Waals surface area contributed by atoms with E-state index in [-0.39, 0.29) is 11.9 Å². The van der Waals surface area contributed by atoms with Crippen LogP contribution in [0.3, 0.4) is 0 Å². The maximum atomic E-state index is 12.2. The summed E-state index contributed by atoms with van der Waals surface area (Å²) in [7, 11) is 1.83. The smallest absolute Gasteiger partial charge is 0.287 e. The Bertz CT molecular complexity index is 661. The van der Waals surface area contributed by atoms with Crippen LogP contribution in [0.5, 0.6) is 0 Å².